The van der Waals surface area contributed by atoms with Gasteiger partial charge in [0.2, 0.25) is 0 Å². The highest BCUT2D eigenvalue weighted by Crippen LogP contribution is 2.37. The monoisotopic (exact) mass is 607 g/mol. The van der Waals surface area contributed by atoms with E-state index in [9.17, 15) is 9.59 Å². The number of para-hydroxylation sites is 1. The molecular weight excluding hydrogens is 578 g/mol. The summed E-state index contributed by atoms with van der Waals surface area (Å²) in [6.07, 6.45) is 1.52. The molecule has 0 fully saturated rings. The summed E-state index contributed by atoms with van der Waals surface area (Å²) in [5.41, 5.74) is 3.50. The third kappa shape index (κ3) is 6.02. The number of hydrogen-bond acceptors (Lipinski definition) is 7. The lowest BCUT2D eigenvalue weighted by Crippen LogP contribution is -2.21. The van der Waals surface area contributed by atoms with Gasteiger partial charge in [0.05, 0.1) is 35.3 Å². The van der Waals surface area contributed by atoms with Gasteiger partial charge in [0.1, 0.15) is 5.75 Å². The van der Waals surface area contributed by atoms with Crippen LogP contribution in [0.3, 0.4) is 0 Å². The summed E-state index contributed by atoms with van der Waals surface area (Å²) in [5, 5.41) is 14.0. The Kier molecular flexibility index (Phi) is 8.89. The average Bonchev–Trinajstić information content (AvgIpc) is 2.91. The Morgan fingerprint density at radius 2 is 1.90 bits per heavy atom. The molecular formula is C30H30BrN3O6. The number of hydrogen-bond donors (Lipinski definition) is 1. The van der Waals surface area contributed by atoms with Crippen LogP contribution in [0.2, 0.25) is 0 Å². The van der Waals surface area contributed by atoms with Crippen molar-refractivity contribution in [3.8, 4) is 28.6 Å². The van der Waals surface area contributed by atoms with Crippen molar-refractivity contribution in [1.82, 2.24) is 9.66 Å². The molecule has 0 radical (unpaired) electrons. The molecule has 40 heavy (non-hydrogen) atoms. The Morgan fingerprint density at radius 1 is 1.15 bits per heavy atom. The number of fused-ring (bicyclic) bond motifs is 1. The Morgan fingerprint density at radius 3 is 2.58 bits per heavy atom. The fourth-order valence-corrected chi connectivity index (χ4v) is 4.86. The van der Waals surface area contributed by atoms with Crippen molar-refractivity contribution in [3.63, 3.8) is 0 Å². The van der Waals surface area contributed by atoms with E-state index in [0.717, 1.165) is 22.4 Å². The van der Waals surface area contributed by atoms with Gasteiger partial charge in [-0.2, -0.15) is 9.78 Å². The lowest BCUT2D eigenvalue weighted by Gasteiger charge is -2.18. The van der Waals surface area contributed by atoms with Crippen LogP contribution in [0.15, 0.2) is 62.9 Å². The number of nitrogens with zero attached hydrogens (tertiary/aromatic N) is 3. The molecule has 208 valence electrons. The number of benzene rings is 3. The maximum Gasteiger partial charge on any atom is 0.341 e. The van der Waals surface area contributed by atoms with E-state index in [-0.39, 0.29) is 17.2 Å². The molecule has 0 atom stereocenters. The quantitative estimate of drug-likeness (QED) is 0.220. The zero-order valence-electron chi connectivity index (χ0n) is 22.9. The molecule has 0 aliphatic carbocycles. The molecule has 3 aromatic carbocycles. The maximum absolute atomic E-state index is 13.7. The van der Waals surface area contributed by atoms with Crippen LogP contribution in [0.5, 0.6) is 17.2 Å². The first kappa shape index (κ1) is 28.8. The first-order valence-corrected chi connectivity index (χ1v) is 13.5. The van der Waals surface area contributed by atoms with E-state index in [1.165, 1.54) is 18.0 Å². The second-order valence-corrected chi connectivity index (χ2v) is 10.2. The van der Waals surface area contributed by atoms with Crippen molar-refractivity contribution < 1.29 is 24.1 Å². The molecule has 1 aromatic heterocycles. The summed E-state index contributed by atoms with van der Waals surface area (Å²) >= 11 is 3.41. The second kappa shape index (κ2) is 12.3. The van der Waals surface area contributed by atoms with E-state index in [2.05, 4.69) is 34.9 Å². The topological polar surface area (TPSA) is 112 Å². The molecule has 1 heterocycles. The van der Waals surface area contributed by atoms with Crippen molar-refractivity contribution in [2.24, 2.45) is 5.10 Å². The molecule has 4 rings (SSSR count). The molecule has 10 heteroatoms. The van der Waals surface area contributed by atoms with Crippen LogP contribution in [-0.4, -0.2) is 47.3 Å². The van der Waals surface area contributed by atoms with Crippen LogP contribution in [0.4, 0.5) is 0 Å². The zero-order valence-corrected chi connectivity index (χ0v) is 24.5. The van der Waals surface area contributed by atoms with E-state index in [0.29, 0.717) is 39.1 Å². The Bertz CT molecular complexity index is 1660. The van der Waals surface area contributed by atoms with Crippen LogP contribution in [-0.2, 0) is 4.79 Å². The zero-order chi connectivity index (χ0) is 29.0. The average molecular weight is 608 g/mol. The lowest BCUT2D eigenvalue weighted by molar-refractivity contribution is -0.139. The van der Waals surface area contributed by atoms with Crippen LogP contribution < -0.4 is 19.8 Å². The van der Waals surface area contributed by atoms with Crippen molar-refractivity contribution in [2.75, 3.05) is 20.3 Å². The number of aryl methyl sites for hydroxylation is 1. The third-order valence-corrected chi connectivity index (χ3v) is 6.78. The number of rotatable bonds is 10. The predicted octanol–water partition coefficient (Wildman–Crippen LogP) is 6.01. The van der Waals surface area contributed by atoms with Gasteiger partial charge < -0.3 is 19.3 Å². The number of methoxy groups -OCH3 is 1. The molecule has 0 spiro atoms. The maximum atomic E-state index is 13.7. The molecule has 1 N–H and O–H groups in total. The third-order valence-electron chi connectivity index (χ3n) is 6.19. The molecule has 9 nitrogen and oxygen atoms in total. The van der Waals surface area contributed by atoms with Gasteiger partial charge in [0, 0.05) is 5.56 Å². The fraction of sp³-hybridized carbons (Fsp3) is 0.267. The second-order valence-electron chi connectivity index (χ2n) is 9.32. The van der Waals surface area contributed by atoms with E-state index in [1.54, 1.807) is 30.3 Å². The van der Waals surface area contributed by atoms with E-state index in [4.69, 9.17) is 24.3 Å². The summed E-state index contributed by atoms with van der Waals surface area (Å²) in [7, 11) is 1.45. The van der Waals surface area contributed by atoms with Gasteiger partial charge in [-0.25, -0.2) is 9.78 Å². The largest absolute Gasteiger partial charge is 0.494 e. The van der Waals surface area contributed by atoms with Crippen molar-refractivity contribution >= 4 is 39.0 Å². The number of ether oxygens (including phenoxy) is 3. The van der Waals surface area contributed by atoms with Gasteiger partial charge >= 0.3 is 5.97 Å². The Balaban J connectivity index is 1.90. The molecule has 0 saturated heterocycles. The van der Waals surface area contributed by atoms with Gasteiger partial charge in [-0.15, -0.1) is 0 Å². The first-order valence-electron chi connectivity index (χ1n) is 12.7. The predicted molar refractivity (Wildman–Crippen MR) is 158 cm³/mol. The van der Waals surface area contributed by atoms with Crippen LogP contribution >= 0.6 is 15.9 Å². The summed E-state index contributed by atoms with van der Waals surface area (Å²) < 4.78 is 18.4. The van der Waals surface area contributed by atoms with Crippen molar-refractivity contribution in [3.05, 3.63) is 80.0 Å². The Labute approximate surface area is 240 Å². The summed E-state index contributed by atoms with van der Waals surface area (Å²) in [5.74, 6) is 0.829. The molecule has 4 aromatic rings. The molecule has 0 unspecified atom stereocenters. The minimum Gasteiger partial charge on any atom is -0.494 e. The smallest absolute Gasteiger partial charge is 0.341 e. The van der Waals surface area contributed by atoms with Gasteiger partial charge in [-0.05, 0) is 88.8 Å². The Hall–Kier alpha value is -4.18. The molecule has 0 bridgehead atoms. The van der Waals surface area contributed by atoms with Crippen LogP contribution in [0, 0.1) is 6.92 Å². The molecule has 0 aliphatic heterocycles. The minimum absolute atomic E-state index is 0.178. The van der Waals surface area contributed by atoms with Gasteiger partial charge in [-0.3, -0.25) is 4.79 Å². The van der Waals surface area contributed by atoms with E-state index >= 15 is 0 Å². The number of aromatic nitrogens is 2. The molecule has 0 aliphatic rings. The number of carbonyl (C=O) groups is 1. The van der Waals surface area contributed by atoms with E-state index in [1.807, 2.05) is 32.0 Å². The van der Waals surface area contributed by atoms with Crippen LogP contribution in [0.25, 0.3) is 22.3 Å². The molecule has 0 saturated carbocycles. The minimum atomic E-state index is -1.11. The highest BCUT2D eigenvalue weighted by atomic mass is 79.9. The number of aliphatic carboxylic acids is 1. The SMILES string of the molecule is CCOc1cc(C)c(-c2nc3ccccc3c(=O)n2N=Cc2cc(Br)c(OCC(=O)O)c(OC)c2)cc1C(C)C. The number of carboxylic acid groups (broad SMARTS) is 1. The van der Waals surface area contributed by atoms with Gasteiger partial charge in [-0.1, -0.05) is 26.0 Å². The number of halogens is 1. The summed E-state index contributed by atoms with van der Waals surface area (Å²) in [6.45, 7) is 8.10. The highest BCUT2D eigenvalue weighted by molar-refractivity contribution is 9.10. The molecule has 0 amide bonds. The fourth-order valence-electron chi connectivity index (χ4n) is 4.29. The van der Waals surface area contributed by atoms with Crippen molar-refractivity contribution in [2.45, 2.75) is 33.6 Å². The van der Waals surface area contributed by atoms with Gasteiger partial charge in [0.15, 0.2) is 23.9 Å². The van der Waals surface area contributed by atoms with Crippen LogP contribution in [0.1, 0.15) is 43.4 Å². The van der Waals surface area contributed by atoms with Gasteiger partial charge in [0.25, 0.3) is 5.56 Å². The van der Waals surface area contributed by atoms with E-state index < -0.39 is 12.6 Å². The first-order chi connectivity index (χ1) is 19.1. The van der Waals surface area contributed by atoms with Crippen molar-refractivity contribution in [1.29, 1.82) is 0 Å². The summed E-state index contributed by atoms with van der Waals surface area (Å²) in [6, 6.07) is 14.5. The highest BCUT2D eigenvalue weighted by Gasteiger charge is 2.19. The lowest BCUT2D eigenvalue weighted by atomic mass is 9.96. The summed E-state index contributed by atoms with van der Waals surface area (Å²) in [4.78, 5) is 29.5. The number of carboxylic acids is 1. The standard InChI is InChI=1S/C30H30BrN3O6/c1-6-39-25-11-18(4)22(14-21(25)17(2)3)29-33-24-10-8-7-9-20(24)30(37)34(29)32-15-19-12-23(31)28(26(13-19)38-5)40-16-27(35)36/h7-15,17H,6,16H2,1-5H3,(H,35,36). The normalized spacial score (nSPS) is 11.4.